The highest BCUT2D eigenvalue weighted by Gasteiger charge is 2.20. The number of hydrogen-bond donors (Lipinski definition) is 0. The van der Waals surface area contributed by atoms with Crippen molar-refractivity contribution in [2.75, 3.05) is 38.3 Å². The maximum absolute atomic E-state index is 13.3. The summed E-state index contributed by atoms with van der Waals surface area (Å²) >= 11 is 0. The van der Waals surface area contributed by atoms with Gasteiger partial charge >= 0.3 is 5.97 Å². The number of fused-ring (bicyclic) bond motifs is 1. The Hall–Kier alpha value is -3.19. The van der Waals surface area contributed by atoms with Gasteiger partial charge in [-0.25, -0.2) is 9.78 Å². The van der Waals surface area contributed by atoms with Crippen LogP contribution in [0.3, 0.4) is 0 Å². The van der Waals surface area contributed by atoms with Crippen molar-refractivity contribution >= 4 is 22.8 Å². The number of carbonyl (C=O) groups excluding carboxylic acids is 1. The third kappa shape index (κ3) is 3.48. The molecule has 0 spiro atoms. The van der Waals surface area contributed by atoms with Crippen molar-refractivity contribution in [2.45, 2.75) is 6.54 Å². The summed E-state index contributed by atoms with van der Waals surface area (Å²) in [6.45, 7) is 2.91. The maximum atomic E-state index is 13.3. The molecule has 0 unspecified atom stereocenters. The predicted octanol–water partition coefficient (Wildman–Crippen LogP) is 2.07. The van der Waals surface area contributed by atoms with Crippen LogP contribution in [0.4, 0.5) is 5.95 Å². The van der Waals surface area contributed by atoms with E-state index in [1.807, 2.05) is 30.3 Å². The number of aromatic nitrogens is 2. The largest absolute Gasteiger partial charge is 0.465 e. The molecule has 1 saturated heterocycles. The van der Waals surface area contributed by atoms with E-state index in [0.717, 1.165) is 5.56 Å². The van der Waals surface area contributed by atoms with Gasteiger partial charge in [-0.3, -0.25) is 9.36 Å². The van der Waals surface area contributed by atoms with E-state index in [-0.39, 0.29) is 5.56 Å². The van der Waals surface area contributed by atoms with Crippen LogP contribution in [0.25, 0.3) is 10.9 Å². The molecule has 144 valence electrons. The van der Waals surface area contributed by atoms with Crippen molar-refractivity contribution in [3.63, 3.8) is 0 Å². The van der Waals surface area contributed by atoms with E-state index in [9.17, 15) is 9.59 Å². The Bertz CT molecular complexity index is 1060. The lowest BCUT2D eigenvalue weighted by Gasteiger charge is -2.30. The molecule has 0 N–H and O–H groups in total. The number of carbonyl (C=O) groups is 1. The topological polar surface area (TPSA) is 73.7 Å². The fourth-order valence-electron chi connectivity index (χ4n) is 3.37. The monoisotopic (exact) mass is 379 g/mol. The lowest BCUT2D eigenvalue weighted by atomic mass is 10.1. The van der Waals surface area contributed by atoms with Gasteiger partial charge in [0.25, 0.3) is 5.56 Å². The Morgan fingerprint density at radius 2 is 1.89 bits per heavy atom. The molecule has 0 radical (unpaired) electrons. The van der Waals surface area contributed by atoms with Crippen LogP contribution in [0.15, 0.2) is 53.3 Å². The summed E-state index contributed by atoms with van der Waals surface area (Å²) in [6.07, 6.45) is 0. The molecule has 0 atom stereocenters. The molecule has 1 fully saturated rings. The number of anilines is 1. The van der Waals surface area contributed by atoms with Crippen molar-refractivity contribution in [2.24, 2.45) is 0 Å². The first kappa shape index (κ1) is 18.2. The first-order valence-corrected chi connectivity index (χ1v) is 9.17. The van der Waals surface area contributed by atoms with Crippen molar-refractivity contribution in [3.05, 3.63) is 70.0 Å². The van der Waals surface area contributed by atoms with Gasteiger partial charge in [0, 0.05) is 13.1 Å². The number of benzene rings is 2. The molecular formula is C21H21N3O4. The molecule has 0 amide bonds. The number of methoxy groups -OCH3 is 1. The predicted molar refractivity (Wildman–Crippen MR) is 106 cm³/mol. The number of ether oxygens (including phenoxy) is 2. The van der Waals surface area contributed by atoms with Gasteiger partial charge in [0.1, 0.15) is 0 Å². The van der Waals surface area contributed by atoms with Gasteiger partial charge in [-0.1, -0.05) is 30.3 Å². The Labute approximate surface area is 162 Å². The van der Waals surface area contributed by atoms with Gasteiger partial charge in [-0.05, 0) is 23.8 Å². The second-order valence-electron chi connectivity index (χ2n) is 6.61. The normalized spacial score (nSPS) is 14.2. The van der Waals surface area contributed by atoms with Crippen LogP contribution in [-0.4, -0.2) is 48.9 Å². The summed E-state index contributed by atoms with van der Waals surface area (Å²) in [5, 5.41) is 0.473. The average Bonchev–Trinajstić information content (AvgIpc) is 2.76. The SMILES string of the molecule is COC(=O)c1ccc2c(=O)n(Cc3ccccc3)c(N3CCOCC3)nc2c1. The molecule has 1 aliphatic heterocycles. The third-order valence-corrected chi connectivity index (χ3v) is 4.83. The van der Waals surface area contributed by atoms with E-state index in [0.29, 0.717) is 55.3 Å². The molecule has 4 rings (SSSR count). The Morgan fingerprint density at radius 1 is 1.14 bits per heavy atom. The summed E-state index contributed by atoms with van der Waals surface area (Å²) in [5.74, 6) is 0.136. The van der Waals surface area contributed by atoms with Crippen LogP contribution in [0.2, 0.25) is 0 Å². The van der Waals surface area contributed by atoms with Crippen molar-refractivity contribution in [3.8, 4) is 0 Å². The van der Waals surface area contributed by atoms with Gasteiger partial charge < -0.3 is 14.4 Å². The zero-order chi connectivity index (χ0) is 19.5. The van der Waals surface area contributed by atoms with Crippen LogP contribution >= 0.6 is 0 Å². The number of morpholine rings is 1. The van der Waals surface area contributed by atoms with Crippen LogP contribution < -0.4 is 10.5 Å². The van der Waals surface area contributed by atoms with E-state index in [4.69, 9.17) is 14.5 Å². The fourth-order valence-corrected chi connectivity index (χ4v) is 3.37. The van der Waals surface area contributed by atoms with E-state index in [1.54, 1.807) is 22.8 Å². The van der Waals surface area contributed by atoms with E-state index in [2.05, 4.69) is 4.90 Å². The molecule has 2 heterocycles. The number of esters is 1. The summed E-state index contributed by atoms with van der Waals surface area (Å²) < 4.78 is 11.9. The van der Waals surface area contributed by atoms with Crippen LogP contribution in [0.5, 0.6) is 0 Å². The quantitative estimate of drug-likeness (QED) is 0.646. The van der Waals surface area contributed by atoms with E-state index < -0.39 is 5.97 Å². The molecule has 1 aromatic heterocycles. The molecule has 1 aliphatic rings. The molecule has 28 heavy (non-hydrogen) atoms. The lowest BCUT2D eigenvalue weighted by molar-refractivity contribution is 0.0601. The van der Waals surface area contributed by atoms with Crippen molar-refractivity contribution in [1.82, 2.24) is 9.55 Å². The van der Waals surface area contributed by atoms with Gasteiger partial charge in [-0.15, -0.1) is 0 Å². The smallest absolute Gasteiger partial charge is 0.337 e. The molecular weight excluding hydrogens is 358 g/mol. The average molecular weight is 379 g/mol. The minimum atomic E-state index is -0.454. The van der Waals surface area contributed by atoms with Crippen molar-refractivity contribution in [1.29, 1.82) is 0 Å². The molecule has 0 saturated carbocycles. The van der Waals surface area contributed by atoms with Gasteiger partial charge in [0.2, 0.25) is 5.95 Å². The highest BCUT2D eigenvalue weighted by atomic mass is 16.5. The second kappa shape index (κ2) is 7.82. The van der Waals surface area contributed by atoms with Crippen molar-refractivity contribution < 1.29 is 14.3 Å². The summed E-state index contributed by atoms with van der Waals surface area (Å²) in [5.41, 5.74) is 1.74. The minimum Gasteiger partial charge on any atom is -0.465 e. The lowest BCUT2D eigenvalue weighted by Crippen LogP contribution is -2.41. The maximum Gasteiger partial charge on any atom is 0.337 e. The standard InChI is InChI=1S/C21H21N3O4/c1-27-20(26)16-7-8-17-18(13-16)22-21(23-9-11-28-12-10-23)24(19(17)25)14-15-5-3-2-4-6-15/h2-8,13H,9-12,14H2,1H3. The number of rotatable bonds is 4. The minimum absolute atomic E-state index is 0.133. The molecule has 7 nitrogen and oxygen atoms in total. The highest BCUT2D eigenvalue weighted by Crippen LogP contribution is 2.19. The van der Waals surface area contributed by atoms with Crippen LogP contribution in [-0.2, 0) is 16.0 Å². The molecule has 0 bridgehead atoms. The molecule has 7 heteroatoms. The zero-order valence-electron chi connectivity index (χ0n) is 15.6. The molecule has 2 aromatic carbocycles. The first-order valence-electron chi connectivity index (χ1n) is 9.17. The number of nitrogens with zero attached hydrogens (tertiary/aromatic N) is 3. The Morgan fingerprint density at radius 3 is 2.61 bits per heavy atom. The number of hydrogen-bond acceptors (Lipinski definition) is 6. The van der Waals surface area contributed by atoms with E-state index >= 15 is 0 Å². The van der Waals surface area contributed by atoms with Crippen LogP contribution in [0.1, 0.15) is 15.9 Å². The summed E-state index contributed by atoms with van der Waals surface area (Å²) in [6, 6.07) is 14.7. The fraction of sp³-hybridized carbons (Fsp3) is 0.286. The van der Waals surface area contributed by atoms with Gasteiger partial charge in [0.15, 0.2) is 0 Å². The molecule has 3 aromatic rings. The third-order valence-electron chi connectivity index (χ3n) is 4.83. The first-order chi connectivity index (χ1) is 13.7. The molecule has 0 aliphatic carbocycles. The van der Waals surface area contributed by atoms with Gasteiger partial charge in [-0.2, -0.15) is 0 Å². The highest BCUT2D eigenvalue weighted by molar-refractivity contribution is 5.94. The van der Waals surface area contributed by atoms with Crippen LogP contribution in [0, 0.1) is 0 Å². The summed E-state index contributed by atoms with van der Waals surface area (Å²) in [7, 11) is 1.33. The van der Waals surface area contributed by atoms with Gasteiger partial charge in [0.05, 0.1) is 43.3 Å². The summed E-state index contributed by atoms with van der Waals surface area (Å²) in [4.78, 5) is 32.0. The van der Waals surface area contributed by atoms with E-state index in [1.165, 1.54) is 7.11 Å². The Kier molecular flexibility index (Phi) is 5.08. The Balaban J connectivity index is 1.88. The zero-order valence-corrected chi connectivity index (χ0v) is 15.6. The second-order valence-corrected chi connectivity index (χ2v) is 6.61.